The summed E-state index contributed by atoms with van der Waals surface area (Å²) in [6, 6.07) is 13.5. The highest BCUT2D eigenvalue weighted by molar-refractivity contribution is 5.98. The van der Waals surface area contributed by atoms with Crippen LogP contribution < -0.4 is 5.32 Å². The van der Waals surface area contributed by atoms with E-state index in [2.05, 4.69) is 5.32 Å². The van der Waals surface area contributed by atoms with E-state index in [-0.39, 0.29) is 6.42 Å². The lowest BCUT2D eigenvalue weighted by Gasteiger charge is -2.16. The first-order valence-electron chi connectivity index (χ1n) is 7.61. The number of nitrogens with zero attached hydrogens (tertiary/aromatic N) is 1. The molecule has 0 unspecified atom stereocenters. The lowest BCUT2D eigenvalue weighted by Crippen LogP contribution is -2.39. The van der Waals surface area contributed by atoms with E-state index < -0.39 is 17.8 Å². The summed E-state index contributed by atoms with van der Waals surface area (Å²) in [4.78, 5) is 25.6. The quantitative estimate of drug-likeness (QED) is 0.764. The summed E-state index contributed by atoms with van der Waals surface area (Å²) in [6.45, 7) is 1.11. The van der Waals surface area contributed by atoms with Gasteiger partial charge < -0.3 is 15.3 Å². The van der Waals surface area contributed by atoms with Crippen molar-refractivity contribution in [3.05, 3.63) is 48.0 Å². The number of hydrogen-bond donors (Lipinski definition) is 2. The van der Waals surface area contributed by atoms with Crippen LogP contribution in [-0.2, 0) is 16.0 Å². The highest BCUT2D eigenvalue weighted by atomic mass is 16.4. The summed E-state index contributed by atoms with van der Waals surface area (Å²) in [5.41, 5.74) is 0.873. The van der Waals surface area contributed by atoms with Gasteiger partial charge in [0.2, 0.25) is 5.91 Å². The fourth-order valence-corrected chi connectivity index (χ4v) is 2.51. The van der Waals surface area contributed by atoms with E-state index in [1.54, 1.807) is 0 Å². The van der Waals surface area contributed by atoms with E-state index in [0.29, 0.717) is 13.1 Å². The van der Waals surface area contributed by atoms with Crippen LogP contribution in [0.3, 0.4) is 0 Å². The third kappa shape index (κ3) is 4.53. The number of fused-ring (bicyclic) bond motifs is 1. The highest BCUT2D eigenvalue weighted by Gasteiger charge is 2.26. The molecule has 0 radical (unpaired) electrons. The number of carboxylic acids is 1. The average Bonchev–Trinajstić information content (AvgIpc) is 2.51. The predicted molar refractivity (Wildman–Crippen MR) is 90.3 cm³/mol. The molecule has 0 saturated heterocycles. The largest absolute Gasteiger partial charge is 0.481 e. The second-order valence-corrected chi connectivity index (χ2v) is 5.83. The number of likely N-dealkylation sites (N-methyl/N-ethyl adjacent to an activating group) is 1. The topological polar surface area (TPSA) is 69.6 Å². The number of benzene rings is 2. The van der Waals surface area contributed by atoms with Crippen LogP contribution in [0.1, 0.15) is 5.56 Å². The van der Waals surface area contributed by atoms with Gasteiger partial charge in [0.15, 0.2) is 0 Å². The molecule has 23 heavy (non-hydrogen) atoms. The SMILES string of the molecule is CN(C)CCNC(=O)[C@@H](Cc1cccc2ccccc12)C(=O)O. The van der Waals surface area contributed by atoms with Gasteiger partial charge >= 0.3 is 5.97 Å². The summed E-state index contributed by atoms with van der Waals surface area (Å²) in [6.07, 6.45) is 0.185. The Labute approximate surface area is 135 Å². The summed E-state index contributed by atoms with van der Waals surface area (Å²) in [5.74, 6) is -2.62. The van der Waals surface area contributed by atoms with Crippen LogP contribution in [0.5, 0.6) is 0 Å². The van der Waals surface area contributed by atoms with Gasteiger partial charge in [0.25, 0.3) is 0 Å². The second-order valence-electron chi connectivity index (χ2n) is 5.83. The Morgan fingerprint density at radius 1 is 1.13 bits per heavy atom. The Hall–Kier alpha value is -2.40. The number of aliphatic carboxylic acids is 1. The minimum Gasteiger partial charge on any atom is -0.481 e. The van der Waals surface area contributed by atoms with Gasteiger partial charge in [0, 0.05) is 13.1 Å². The molecule has 0 aliphatic carbocycles. The Bertz CT molecular complexity index is 692. The minimum atomic E-state index is -1.10. The Morgan fingerprint density at radius 3 is 2.52 bits per heavy atom. The lowest BCUT2D eigenvalue weighted by molar-refractivity contribution is -0.146. The standard InChI is InChI=1S/C18H22N2O3/c1-20(2)11-10-19-17(21)16(18(22)23)12-14-8-5-7-13-6-3-4-9-15(13)14/h3-9,16H,10-12H2,1-2H3,(H,19,21)(H,22,23)/t16-/m1/s1. The predicted octanol–water partition coefficient (Wildman–Crippen LogP) is 1.76. The van der Waals surface area contributed by atoms with Crippen LogP contribution >= 0.6 is 0 Å². The number of nitrogens with one attached hydrogen (secondary N) is 1. The van der Waals surface area contributed by atoms with Gasteiger partial charge in [-0.1, -0.05) is 42.5 Å². The third-order valence-corrected chi connectivity index (χ3v) is 3.78. The molecule has 1 atom stereocenters. The van der Waals surface area contributed by atoms with Crippen molar-refractivity contribution >= 4 is 22.6 Å². The first-order valence-corrected chi connectivity index (χ1v) is 7.61. The monoisotopic (exact) mass is 314 g/mol. The van der Waals surface area contributed by atoms with Crippen molar-refractivity contribution in [3.8, 4) is 0 Å². The van der Waals surface area contributed by atoms with Crippen LogP contribution in [0, 0.1) is 5.92 Å². The molecule has 0 fully saturated rings. The first kappa shape index (κ1) is 17.0. The third-order valence-electron chi connectivity index (χ3n) is 3.78. The lowest BCUT2D eigenvalue weighted by atomic mass is 9.94. The maximum absolute atomic E-state index is 12.2. The fourth-order valence-electron chi connectivity index (χ4n) is 2.51. The minimum absolute atomic E-state index is 0.185. The van der Waals surface area contributed by atoms with Gasteiger partial charge in [0.1, 0.15) is 5.92 Å². The Morgan fingerprint density at radius 2 is 1.83 bits per heavy atom. The van der Waals surface area contributed by atoms with Crippen LogP contribution in [0.4, 0.5) is 0 Å². The number of carbonyl (C=O) groups excluding carboxylic acids is 1. The smallest absolute Gasteiger partial charge is 0.316 e. The van der Waals surface area contributed by atoms with Crippen molar-refractivity contribution in [1.82, 2.24) is 10.2 Å². The molecule has 1 amide bonds. The maximum Gasteiger partial charge on any atom is 0.316 e. The first-order chi connectivity index (χ1) is 11.0. The average molecular weight is 314 g/mol. The summed E-state index contributed by atoms with van der Waals surface area (Å²) >= 11 is 0. The van der Waals surface area contributed by atoms with Crippen LogP contribution in [0.15, 0.2) is 42.5 Å². The van der Waals surface area contributed by atoms with Gasteiger partial charge in [-0.3, -0.25) is 9.59 Å². The summed E-state index contributed by atoms with van der Waals surface area (Å²) in [7, 11) is 3.80. The Balaban J connectivity index is 2.15. The van der Waals surface area contributed by atoms with Crippen molar-refractivity contribution in [3.63, 3.8) is 0 Å². The van der Waals surface area contributed by atoms with Gasteiger partial charge in [0.05, 0.1) is 0 Å². The molecule has 0 aliphatic heterocycles. The molecule has 5 nitrogen and oxygen atoms in total. The summed E-state index contributed by atoms with van der Waals surface area (Å²) < 4.78 is 0. The Kier molecular flexibility index (Phi) is 5.71. The second kappa shape index (κ2) is 7.74. The van der Waals surface area contributed by atoms with Crippen molar-refractivity contribution in [1.29, 1.82) is 0 Å². The molecule has 5 heteroatoms. The molecular formula is C18H22N2O3. The molecule has 2 rings (SSSR count). The molecule has 0 heterocycles. The molecule has 0 saturated carbocycles. The molecule has 2 N–H and O–H groups in total. The number of carboxylic acid groups (broad SMARTS) is 1. The molecule has 2 aromatic carbocycles. The zero-order valence-electron chi connectivity index (χ0n) is 13.5. The van der Waals surface area contributed by atoms with Crippen LogP contribution in [0.2, 0.25) is 0 Å². The number of hydrogen-bond acceptors (Lipinski definition) is 3. The van der Waals surface area contributed by atoms with Gasteiger partial charge in [-0.2, -0.15) is 0 Å². The molecule has 0 bridgehead atoms. The summed E-state index contributed by atoms with van der Waals surface area (Å²) in [5, 5.41) is 14.1. The van der Waals surface area contributed by atoms with Gasteiger partial charge in [-0.15, -0.1) is 0 Å². The van der Waals surface area contributed by atoms with E-state index in [9.17, 15) is 14.7 Å². The van der Waals surface area contributed by atoms with Crippen LogP contribution in [-0.4, -0.2) is 49.1 Å². The van der Waals surface area contributed by atoms with E-state index in [4.69, 9.17) is 0 Å². The van der Waals surface area contributed by atoms with Gasteiger partial charge in [-0.05, 0) is 36.9 Å². The molecular weight excluding hydrogens is 292 g/mol. The van der Waals surface area contributed by atoms with E-state index in [0.717, 1.165) is 16.3 Å². The van der Waals surface area contributed by atoms with E-state index >= 15 is 0 Å². The number of amides is 1. The zero-order valence-corrected chi connectivity index (χ0v) is 13.5. The molecule has 122 valence electrons. The molecule has 2 aromatic rings. The van der Waals surface area contributed by atoms with Crippen LogP contribution in [0.25, 0.3) is 10.8 Å². The van der Waals surface area contributed by atoms with Gasteiger partial charge in [-0.25, -0.2) is 0 Å². The highest BCUT2D eigenvalue weighted by Crippen LogP contribution is 2.21. The van der Waals surface area contributed by atoms with Crippen molar-refractivity contribution in [2.75, 3.05) is 27.2 Å². The maximum atomic E-state index is 12.2. The molecule has 0 aliphatic rings. The zero-order chi connectivity index (χ0) is 16.8. The number of rotatable bonds is 7. The molecule has 0 aromatic heterocycles. The van der Waals surface area contributed by atoms with Crippen molar-refractivity contribution in [2.45, 2.75) is 6.42 Å². The van der Waals surface area contributed by atoms with E-state index in [1.165, 1.54) is 0 Å². The van der Waals surface area contributed by atoms with Crippen molar-refractivity contribution in [2.24, 2.45) is 5.92 Å². The number of carbonyl (C=O) groups is 2. The fraction of sp³-hybridized carbons (Fsp3) is 0.333. The normalized spacial score (nSPS) is 12.3. The van der Waals surface area contributed by atoms with E-state index in [1.807, 2.05) is 61.5 Å². The molecule has 0 spiro atoms. The van der Waals surface area contributed by atoms with Crippen molar-refractivity contribution < 1.29 is 14.7 Å².